The van der Waals surface area contributed by atoms with E-state index in [0.717, 1.165) is 11.1 Å². The second-order valence-corrected chi connectivity index (χ2v) is 6.16. The van der Waals surface area contributed by atoms with Gasteiger partial charge in [0.2, 0.25) is 17.8 Å². The molecule has 1 saturated heterocycles. The molecule has 1 unspecified atom stereocenters. The molecular weight excluding hydrogens is 306 g/mol. The highest BCUT2D eigenvalue weighted by molar-refractivity contribution is 5.90. The van der Waals surface area contributed by atoms with Gasteiger partial charge in [-0.25, -0.2) is 4.68 Å². The normalized spacial score (nSPS) is 17.3. The Morgan fingerprint density at radius 3 is 2.96 bits per heavy atom. The van der Waals surface area contributed by atoms with Gasteiger partial charge >= 0.3 is 0 Å². The monoisotopic (exact) mass is 327 g/mol. The Morgan fingerprint density at radius 1 is 1.42 bits per heavy atom. The molecule has 0 aliphatic carbocycles. The van der Waals surface area contributed by atoms with Crippen molar-refractivity contribution in [3.63, 3.8) is 0 Å². The van der Waals surface area contributed by atoms with Gasteiger partial charge in [0.05, 0.1) is 0 Å². The van der Waals surface area contributed by atoms with E-state index in [4.69, 9.17) is 0 Å². The Bertz CT molecular complexity index is 755. The van der Waals surface area contributed by atoms with Gasteiger partial charge < -0.3 is 4.90 Å². The molecule has 1 N–H and O–H groups in total. The van der Waals surface area contributed by atoms with Crippen molar-refractivity contribution in [3.8, 4) is 0 Å². The summed E-state index contributed by atoms with van der Waals surface area (Å²) in [5.41, 5.74) is 2.25. The first-order chi connectivity index (χ1) is 11.5. The molecule has 1 fully saturated rings. The summed E-state index contributed by atoms with van der Waals surface area (Å²) >= 11 is 0. The number of hydrogen-bond acceptors (Lipinski definition) is 4. The average Bonchev–Trinajstić information content (AvgIpc) is 3.08. The van der Waals surface area contributed by atoms with E-state index in [-0.39, 0.29) is 24.3 Å². The van der Waals surface area contributed by atoms with Crippen molar-refractivity contribution in [2.24, 2.45) is 7.05 Å². The van der Waals surface area contributed by atoms with Gasteiger partial charge in [0.15, 0.2) is 0 Å². The maximum absolute atomic E-state index is 12.2. The van der Waals surface area contributed by atoms with Crippen LogP contribution in [0.15, 0.2) is 30.6 Å². The molecule has 1 aromatic heterocycles. The summed E-state index contributed by atoms with van der Waals surface area (Å²) in [5.74, 6) is 0.363. The largest absolute Gasteiger partial charge is 0.335 e. The lowest BCUT2D eigenvalue weighted by Gasteiger charge is -2.24. The maximum atomic E-state index is 12.2. The van der Waals surface area contributed by atoms with Gasteiger partial charge in [0, 0.05) is 32.5 Å². The number of benzene rings is 1. The number of hydrogen-bond donors (Lipinski definition) is 1. The molecule has 0 saturated carbocycles. The zero-order valence-corrected chi connectivity index (χ0v) is 13.9. The highest BCUT2D eigenvalue weighted by Gasteiger charge is 2.32. The smallest absolute Gasteiger partial charge is 0.228 e. The maximum Gasteiger partial charge on any atom is 0.228 e. The fraction of sp³-hybridized carbons (Fsp3) is 0.412. The Kier molecular flexibility index (Phi) is 4.59. The van der Waals surface area contributed by atoms with E-state index >= 15 is 0 Å². The number of carbonyl (C=O) groups excluding carboxylic acids is 2. The predicted molar refractivity (Wildman–Crippen MR) is 89.0 cm³/mol. The van der Waals surface area contributed by atoms with Gasteiger partial charge in [0.1, 0.15) is 6.33 Å². The number of nitrogens with one attached hydrogen (secondary N) is 1. The van der Waals surface area contributed by atoms with Crippen LogP contribution in [0, 0.1) is 6.92 Å². The van der Waals surface area contributed by atoms with Crippen molar-refractivity contribution >= 4 is 17.8 Å². The third-order valence-electron chi connectivity index (χ3n) is 4.27. The molecule has 2 amide bonds. The lowest BCUT2D eigenvalue weighted by molar-refractivity contribution is -0.130. The summed E-state index contributed by atoms with van der Waals surface area (Å²) < 4.78 is 1.50. The van der Waals surface area contributed by atoms with Crippen LogP contribution in [0.25, 0.3) is 0 Å². The summed E-state index contributed by atoms with van der Waals surface area (Å²) in [5, 5.41) is 6.66. The number of carbonyl (C=O) groups is 2. The molecule has 1 aromatic carbocycles. The van der Waals surface area contributed by atoms with E-state index in [9.17, 15) is 9.59 Å². The standard InChI is InChI=1S/C17H21N5O2/c1-12-4-3-5-13(8-12)10-22-14(6-7-16(22)24)9-15(23)20-17-18-11-19-21(17)2/h3-5,8,11,14H,6-7,9-10H2,1-2H3,(H,18,19,20,23). The van der Waals surface area contributed by atoms with E-state index in [1.54, 1.807) is 7.05 Å². The van der Waals surface area contributed by atoms with Crippen LogP contribution in [0.2, 0.25) is 0 Å². The number of anilines is 1. The summed E-state index contributed by atoms with van der Waals surface area (Å²) in [4.78, 5) is 30.2. The SMILES string of the molecule is Cc1cccc(CN2C(=O)CCC2CC(=O)Nc2ncnn2C)c1. The van der Waals surface area contributed by atoms with Crippen LogP contribution in [0.1, 0.15) is 30.4 Å². The van der Waals surface area contributed by atoms with Crippen LogP contribution >= 0.6 is 0 Å². The van der Waals surface area contributed by atoms with Crippen LogP contribution in [0.4, 0.5) is 5.95 Å². The van der Waals surface area contributed by atoms with Crippen molar-refractivity contribution in [2.45, 2.75) is 38.8 Å². The van der Waals surface area contributed by atoms with Gasteiger partial charge in [-0.2, -0.15) is 10.1 Å². The van der Waals surface area contributed by atoms with E-state index in [2.05, 4.69) is 21.5 Å². The van der Waals surface area contributed by atoms with Gasteiger partial charge in [-0.1, -0.05) is 29.8 Å². The number of likely N-dealkylation sites (tertiary alicyclic amines) is 1. The van der Waals surface area contributed by atoms with Crippen molar-refractivity contribution in [2.75, 3.05) is 5.32 Å². The van der Waals surface area contributed by atoms with E-state index in [1.807, 2.05) is 30.0 Å². The Balaban J connectivity index is 1.64. The highest BCUT2D eigenvalue weighted by Crippen LogP contribution is 2.24. The molecule has 1 aliphatic rings. The van der Waals surface area contributed by atoms with Crippen LogP contribution in [-0.2, 0) is 23.2 Å². The Morgan fingerprint density at radius 2 is 2.25 bits per heavy atom. The third-order valence-corrected chi connectivity index (χ3v) is 4.27. The molecule has 0 radical (unpaired) electrons. The minimum atomic E-state index is -0.153. The Labute approximate surface area is 140 Å². The molecule has 0 spiro atoms. The highest BCUT2D eigenvalue weighted by atomic mass is 16.2. The zero-order chi connectivity index (χ0) is 17.1. The molecule has 1 atom stereocenters. The lowest BCUT2D eigenvalue weighted by Crippen LogP contribution is -2.35. The second-order valence-electron chi connectivity index (χ2n) is 6.16. The molecule has 3 rings (SSSR count). The van der Waals surface area contributed by atoms with Gasteiger partial charge in [-0.05, 0) is 18.9 Å². The van der Waals surface area contributed by atoms with E-state index in [0.29, 0.717) is 25.3 Å². The zero-order valence-electron chi connectivity index (χ0n) is 13.9. The number of aromatic nitrogens is 3. The van der Waals surface area contributed by atoms with Crippen molar-refractivity contribution in [1.29, 1.82) is 0 Å². The van der Waals surface area contributed by atoms with Crippen LogP contribution in [0.3, 0.4) is 0 Å². The average molecular weight is 327 g/mol. The van der Waals surface area contributed by atoms with E-state index < -0.39 is 0 Å². The quantitative estimate of drug-likeness (QED) is 0.905. The van der Waals surface area contributed by atoms with Crippen LogP contribution in [0.5, 0.6) is 0 Å². The summed E-state index contributed by atoms with van der Waals surface area (Å²) in [7, 11) is 1.71. The number of aryl methyl sites for hydroxylation is 2. The Hall–Kier alpha value is -2.70. The molecular formula is C17H21N5O2. The minimum Gasteiger partial charge on any atom is -0.335 e. The van der Waals surface area contributed by atoms with Crippen molar-refractivity contribution in [3.05, 3.63) is 41.7 Å². The number of nitrogens with zero attached hydrogens (tertiary/aromatic N) is 4. The number of amides is 2. The molecule has 2 heterocycles. The van der Waals surface area contributed by atoms with Gasteiger partial charge in [-0.15, -0.1) is 0 Å². The van der Waals surface area contributed by atoms with Crippen molar-refractivity contribution in [1.82, 2.24) is 19.7 Å². The minimum absolute atomic E-state index is 0.0776. The summed E-state index contributed by atoms with van der Waals surface area (Å²) in [6, 6.07) is 8.02. The van der Waals surface area contributed by atoms with Gasteiger partial charge in [-0.3, -0.25) is 14.9 Å². The topological polar surface area (TPSA) is 80.1 Å². The van der Waals surface area contributed by atoms with Crippen LogP contribution < -0.4 is 5.32 Å². The fourth-order valence-corrected chi connectivity index (χ4v) is 3.03. The van der Waals surface area contributed by atoms with Crippen molar-refractivity contribution < 1.29 is 9.59 Å². The second kappa shape index (κ2) is 6.82. The predicted octanol–water partition coefficient (Wildman–Crippen LogP) is 1.64. The van der Waals surface area contributed by atoms with Gasteiger partial charge in [0.25, 0.3) is 0 Å². The fourth-order valence-electron chi connectivity index (χ4n) is 3.03. The molecule has 24 heavy (non-hydrogen) atoms. The molecule has 1 aliphatic heterocycles. The first kappa shape index (κ1) is 16.2. The van der Waals surface area contributed by atoms with Crippen LogP contribution in [-0.4, -0.2) is 37.5 Å². The number of rotatable bonds is 5. The first-order valence-corrected chi connectivity index (χ1v) is 8.02. The molecule has 7 nitrogen and oxygen atoms in total. The summed E-state index contributed by atoms with van der Waals surface area (Å²) in [6.07, 6.45) is 2.85. The first-order valence-electron chi connectivity index (χ1n) is 8.02. The summed E-state index contributed by atoms with van der Waals surface area (Å²) in [6.45, 7) is 2.57. The molecule has 2 aromatic rings. The lowest BCUT2D eigenvalue weighted by atomic mass is 10.1. The van der Waals surface area contributed by atoms with E-state index in [1.165, 1.54) is 11.0 Å². The molecule has 7 heteroatoms. The third kappa shape index (κ3) is 3.61. The molecule has 126 valence electrons. The molecule has 0 bridgehead atoms.